The van der Waals surface area contributed by atoms with Crippen LogP contribution >= 0.6 is 0 Å². The molecule has 1 aliphatic rings. The van der Waals surface area contributed by atoms with E-state index in [4.69, 9.17) is 0 Å². The summed E-state index contributed by atoms with van der Waals surface area (Å²) in [7, 11) is 0. The molecule has 0 spiro atoms. The quantitative estimate of drug-likeness (QED) is 0.621. The van der Waals surface area contributed by atoms with Crippen LogP contribution in [0.2, 0.25) is 0 Å². The van der Waals surface area contributed by atoms with Crippen LogP contribution in [0.4, 0.5) is 0 Å². The summed E-state index contributed by atoms with van der Waals surface area (Å²) >= 11 is 0. The summed E-state index contributed by atoms with van der Waals surface area (Å²) in [5.74, 6) is 0.786. The van der Waals surface area contributed by atoms with Gasteiger partial charge >= 0.3 is 0 Å². The fourth-order valence-electron chi connectivity index (χ4n) is 3.63. The van der Waals surface area contributed by atoms with Crippen molar-refractivity contribution in [3.63, 3.8) is 0 Å². The smallest absolute Gasteiger partial charge is 0.0221 e. The highest BCUT2D eigenvalue weighted by Gasteiger charge is 2.32. The topological polar surface area (TPSA) is 15.3 Å². The zero-order valence-corrected chi connectivity index (χ0v) is 15.5. The van der Waals surface area contributed by atoms with Gasteiger partial charge in [0, 0.05) is 31.7 Å². The zero-order chi connectivity index (χ0) is 15.9. The average molecular weight is 297 g/mol. The second-order valence-electron chi connectivity index (χ2n) is 8.01. The van der Waals surface area contributed by atoms with Gasteiger partial charge in [-0.1, -0.05) is 67.2 Å². The second-order valence-corrected chi connectivity index (χ2v) is 8.01. The van der Waals surface area contributed by atoms with Gasteiger partial charge < -0.3 is 5.32 Å². The summed E-state index contributed by atoms with van der Waals surface area (Å²) < 4.78 is 0. The molecule has 1 fully saturated rings. The Morgan fingerprint density at radius 2 is 1.90 bits per heavy atom. The van der Waals surface area contributed by atoms with Gasteiger partial charge in [-0.3, -0.25) is 4.90 Å². The Balaban J connectivity index is 2.58. The molecule has 0 amide bonds. The molecule has 1 N–H and O–H groups in total. The van der Waals surface area contributed by atoms with Crippen molar-refractivity contribution in [1.29, 1.82) is 0 Å². The number of nitrogens with zero attached hydrogens (tertiary/aromatic N) is 1. The Bertz CT molecular complexity index is 275. The van der Waals surface area contributed by atoms with Gasteiger partial charge in [-0.15, -0.1) is 0 Å². The molecule has 2 nitrogen and oxygen atoms in total. The van der Waals surface area contributed by atoms with Crippen molar-refractivity contribution < 1.29 is 0 Å². The van der Waals surface area contributed by atoms with Gasteiger partial charge in [-0.25, -0.2) is 0 Å². The van der Waals surface area contributed by atoms with E-state index in [0.29, 0.717) is 11.5 Å². The SMILES string of the molecule is CCCCCC(C)(C)CN1CC(C(C)CC)NCC1CC. The Labute approximate surface area is 134 Å². The maximum atomic E-state index is 3.80. The normalized spacial score (nSPS) is 26.0. The number of hydrogen-bond donors (Lipinski definition) is 1. The predicted molar refractivity (Wildman–Crippen MR) is 94.8 cm³/mol. The van der Waals surface area contributed by atoms with Crippen molar-refractivity contribution in [2.45, 2.75) is 92.2 Å². The van der Waals surface area contributed by atoms with Crippen LogP contribution in [-0.4, -0.2) is 36.6 Å². The zero-order valence-electron chi connectivity index (χ0n) is 15.5. The monoisotopic (exact) mass is 296 g/mol. The number of unbranched alkanes of at least 4 members (excludes halogenated alkanes) is 2. The Hall–Kier alpha value is -0.0800. The third kappa shape index (κ3) is 6.28. The van der Waals surface area contributed by atoms with Gasteiger partial charge in [0.05, 0.1) is 0 Å². The van der Waals surface area contributed by atoms with Crippen molar-refractivity contribution in [3.05, 3.63) is 0 Å². The lowest BCUT2D eigenvalue weighted by molar-refractivity contribution is 0.0643. The van der Waals surface area contributed by atoms with Crippen molar-refractivity contribution in [2.75, 3.05) is 19.6 Å². The molecule has 0 aromatic carbocycles. The number of rotatable bonds is 9. The second kappa shape index (κ2) is 9.15. The lowest BCUT2D eigenvalue weighted by atomic mass is 9.84. The van der Waals surface area contributed by atoms with Crippen molar-refractivity contribution in [2.24, 2.45) is 11.3 Å². The third-order valence-electron chi connectivity index (χ3n) is 5.45. The first-order valence-electron chi connectivity index (χ1n) is 9.40. The van der Waals surface area contributed by atoms with Crippen LogP contribution in [0.3, 0.4) is 0 Å². The maximum Gasteiger partial charge on any atom is 0.0221 e. The molecule has 0 bridgehead atoms. The molecule has 0 aromatic heterocycles. The van der Waals surface area contributed by atoms with Crippen LogP contribution < -0.4 is 5.32 Å². The first-order chi connectivity index (χ1) is 9.93. The van der Waals surface area contributed by atoms with Crippen LogP contribution in [0.15, 0.2) is 0 Å². The molecule has 21 heavy (non-hydrogen) atoms. The minimum absolute atomic E-state index is 0.458. The van der Waals surface area contributed by atoms with Crippen LogP contribution in [0, 0.1) is 11.3 Å². The first kappa shape index (κ1) is 19.0. The lowest BCUT2D eigenvalue weighted by Gasteiger charge is -2.45. The van der Waals surface area contributed by atoms with E-state index in [0.717, 1.165) is 12.0 Å². The number of nitrogens with one attached hydrogen (secondary N) is 1. The van der Waals surface area contributed by atoms with Crippen LogP contribution in [0.5, 0.6) is 0 Å². The fourth-order valence-corrected chi connectivity index (χ4v) is 3.63. The molecule has 0 aromatic rings. The Kier molecular flexibility index (Phi) is 8.26. The van der Waals surface area contributed by atoms with E-state index in [-0.39, 0.29) is 0 Å². The minimum atomic E-state index is 0.458. The highest BCUT2D eigenvalue weighted by molar-refractivity contribution is 4.90. The van der Waals surface area contributed by atoms with Crippen LogP contribution in [-0.2, 0) is 0 Å². The van der Waals surface area contributed by atoms with E-state index in [1.165, 1.54) is 58.2 Å². The van der Waals surface area contributed by atoms with Gasteiger partial charge in [0.1, 0.15) is 0 Å². The largest absolute Gasteiger partial charge is 0.311 e. The Morgan fingerprint density at radius 3 is 2.48 bits per heavy atom. The van der Waals surface area contributed by atoms with E-state index in [2.05, 4.69) is 51.8 Å². The van der Waals surface area contributed by atoms with Gasteiger partial charge in [0.15, 0.2) is 0 Å². The van der Waals surface area contributed by atoms with Gasteiger partial charge in [0.25, 0.3) is 0 Å². The van der Waals surface area contributed by atoms with Crippen molar-refractivity contribution in [3.8, 4) is 0 Å². The predicted octanol–water partition coefficient (Wildman–Crippen LogP) is 4.69. The molecular formula is C19H40N2. The molecule has 126 valence electrons. The molecule has 0 saturated carbocycles. The van der Waals surface area contributed by atoms with E-state index < -0.39 is 0 Å². The number of hydrogen-bond acceptors (Lipinski definition) is 2. The molecule has 3 atom stereocenters. The van der Waals surface area contributed by atoms with Crippen LogP contribution in [0.1, 0.15) is 80.1 Å². The maximum absolute atomic E-state index is 3.80. The molecule has 3 unspecified atom stereocenters. The minimum Gasteiger partial charge on any atom is -0.311 e. The number of piperazine rings is 1. The van der Waals surface area contributed by atoms with E-state index in [9.17, 15) is 0 Å². The van der Waals surface area contributed by atoms with Crippen LogP contribution in [0.25, 0.3) is 0 Å². The van der Waals surface area contributed by atoms with Crippen molar-refractivity contribution >= 4 is 0 Å². The first-order valence-corrected chi connectivity index (χ1v) is 9.40. The fraction of sp³-hybridized carbons (Fsp3) is 1.00. The molecule has 1 aliphatic heterocycles. The molecule has 0 aliphatic carbocycles. The Morgan fingerprint density at radius 1 is 1.19 bits per heavy atom. The summed E-state index contributed by atoms with van der Waals surface area (Å²) in [6.45, 7) is 18.0. The average Bonchev–Trinajstić information content (AvgIpc) is 2.46. The standard InChI is InChI=1S/C19H40N2/c1-7-10-11-12-19(5,6)15-21-14-18(16(4)8-2)20-13-17(21)9-3/h16-18,20H,7-15H2,1-6H3. The summed E-state index contributed by atoms with van der Waals surface area (Å²) in [4.78, 5) is 2.79. The summed E-state index contributed by atoms with van der Waals surface area (Å²) in [6.07, 6.45) is 8.03. The lowest BCUT2D eigenvalue weighted by Crippen LogP contribution is -2.59. The van der Waals surface area contributed by atoms with E-state index >= 15 is 0 Å². The summed E-state index contributed by atoms with van der Waals surface area (Å²) in [5, 5.41) is 3.80. The highest BCUT2D eigenvalue weighted by atomic mass is 15.2. The van der Waals surface area contributed by atoms with Gasteiger partial charge in [-0.05, 0) is 24.2 Å². The van der Waals surface area contributed by atoms with E-state index in [1.54, 1.807) is 0 Å². The molecule has 1 heterocycles. The van der Waals surface area contributed by atoms with E-state index in [1.807, 2.05) is 0 Å². The summed E-state index contributed by atoms with van der Waals surface area (Å²) in [6, 6.07) is 1.42. The molecular weight excluding hydrogens is 256 g/mol. The highest BCUT2D eigenvalue weighted by Crippen LogP contribution is 2.28. The summed E-state index contributed by atoms with van der Waals surface area (Å²) in [5.41, 5.74) is 0.458. The molecule has 0 radical (unpaired) electrons. The van der Waals surface area contributed by atoms with Gasteiger partial charge in [0.2, 0.25) is 0 Å². The third-order valence-corrected chi connectivity index (χ3v) is 5.45. The molecule has 1 saturated heterocycles. The van der Waals surface area contributed by atoms with Crippen molar-refractivity contribution in [1.82, 2.24) is 10.2 Å². The van der Waals surface area contributed by atoms with Gasteiger partial charge in [-0.2, -0.15) is 0 Å². The molecule has 1 rings (SSSR count). The molecule has 2 heteroatoms.